The van der Waals surface area contributed by atoms with E-state index in [9.17, 15) is 21.6 Å². The number of nitrogens with one attached hydrogen (secondary N) is 2. The van der Waals surface area contributed by atoms with Crippen molar-refractivity contribution in [3.8, 4) is 11.4 Å². The summed E-state index contributed by atoms with van der Waals surface area (Å²) in [5, 5.41) is 6.73. The van der Waals surface area contributed by atoms with Crippen molar-refractivity contribution in [3.63, 3.8) is 0 Å². The molecule has 0 saturated heterocycles. The largest absolute Gasteiger partial charge is 0.417 e. The first-order valence-corrected chi connectivity index (χ1v) is 10.7. The molecule has 0 bridgehead atoms. The van der Waals surface area contributed by atoms with E-state index in [0.717, 1.165) is 38.0 Å². The molecule has 3 rings (SSSR count). The average molecular weight is 418 g/mol. The average Bonchev–Trinajstić information content (AvgIpc) is 3.08. The summed E-state index contributed by atoms with van der Waals surface area (Å²) in [5.74, 6) is 0.131. The Bertz CT molecular complexity index is 906. The lowest BCUT2D eigenvalue weighted by atomic mass is 9.86. The summed E-state index contributed by atoms with van der Waals surface area (Å²) >= 11 is 0. The first kappa shape index (κ1) is 20.6. The van der Waals surface area contributed by atoms with Gasteiger partial charge < -0.3 is 9.84 Å². The number of rotatable bonds is 6. The maximum absolute atomic E-state index is 13.1. The summed E-state index contributed by atoms with van der Waals surface area (Å²) in [6.07, 6.45) is -0.205. The lowest BCUT2D eigenvalue weighted by molar-refractivity contribution is -0.137. The molecule has 2 aromatic rings. The van der Waals surface area contributed by atoms with Crippen LogP contribution in [0.1, 0.15) is 31.2 Å². The Morgan fingerprint density at radius 1 is 1.18 bits per heavy atom. The van der Waals surface area contributed by atoms with Crippen molar-refractivity contribution in [1.82, 2.24) is 14.9 Å². The van der Waals surface area contributed by atoms with Gasteiger partial charge in [-0.2, -0.15) is 18.2 Å². The van der Waals surface area contributed by atoms with E-state index in [-0.39, 0.29) is 29.4 Å². The van der Waals surface area contributed by atoms with Crippen LogP contribution in [-0.2, 0) is 16.2 Å². The van der Waals surface area contributed by atoms with Gasteiger partial charge in [-0.1, -0.05) is 23.4 Å². The Morgan fingerprint density at radius 3 is 2.50 bits per heavy atom. The van der Waals surface area contributed by atoms with E-state index in [1.165, 1.54) is 18.2 Å². The standard InChI is InChI=1S/C17H21F3N4O3S/c1-28(25,26)21-10-11-6-8-12(9-7-11)22-16-23-15(24-27-16)13-4-2-3-5-14(13)17(18,19)20/h2-5,11-12,21H,6-10H2,1H3,(H,22,23,24)/t11-,12-. The van der Waals surface area contributed by atoms with E-state index in [0.29, 0.717) is 6.54 Å². The Labute approximate surface area is 160 Å². The molecule has 0 atom stereocenters. The summed E-state index contributed by atoms with van der Waals surface area (Å²) in [6.45, 7) is 0.407. The second-order valence-corrected chi connectivity index (χ2v) is 8.78. The highest BCUT2D eigenvalue weighted by atomic mass is 32.2. The predicted molar refractivity (Wildman–Crippen MR) is 97.0 cm³/mol. The first-order valence-electron chi connectivity index (χ1n) is 8.83. The number of hydrogen-bond acceptors (Lipinski definition) is 6. The number of aromatic nitrogens is 2. The van der Waals surface area contributed by atoms with Crippen LogP contribution in [0.15, 0.2) is 28.8 Å². The lowest BCUT2D eigenvalue weighted by Crippen LogP contribution is -2.33. The summed E-state index contributed by atoms with van der Waals surface area (Å²) in [4.78, 5) is 4.06. The number of sulfonamides is 1. The monoisotopic (exact) mass is 418 g/mol. The molecule has 1 aromatic heterocycles. The van der Waals surface area contributed by atoms with Crippen molar-refractivity contribution in [3.05, 3.63) is 29.8 Å². The van der Waals surface area contributed by atoms with Gasteiger partial charge >= 0.3 is 12.2 Å². The van der Waals surface area contributed by atoms with E-state index in [4.69, 9.17) is 4.52 Å². The smallest absolute Gasteiger partial charge is 0.335 e. The van der Waals surface area contributed by atoms with Crippen LogP contribution in [0, 0.1) is 5.92 Å². The number of alkyl halides is 3. The zero-order chi connectivity index (χ0) is 20.4. The van der Waals surface area contributed by atoms with Crippen LogP contribution >= 0.6 is 0 Å². The maximum atomic E-state index is 13.1. The van der Waals surface area contributed by atoms with Crippen molar-refractivity contribution in [2.45, 2.75) is 37.9 Å². The maximum Gasteiger partial charge on any atom is 0.417 e. The molecule has 11 heteroatoms. The quantitative estimate of drug-likeness (QED) is 0.747. The highest BCUT2D eigenvalue weighted by molar-refractivity contribution is 7.88. The minimum atomic E-state index is -4.51. The Kier molecular flexibility index (Phi) is 5.94. The molecule has 1 heterocycles. The highest BCUT2D eigenvalue weighted by Crippen LogP contribution is 2.36. The van der Waals surface area contributed by atoms with Crippen LogP contribution in [0.3, 0.4) is 0 Å². The molecule has 7 nitrogen and oxygen atoms in total. The van der Waals surface area contributed by atoms with Gasteiger partial charge in [0, 0.05) is 18.2 Å². The van der Waals surface area contributed by atoms with Crippen LogP contribution in [0.2, 0.25) is 0 Å². The molecule has 28 heavy (non-hydrogen) atoms. The van der Waals surface area contributed by atoms with Gasteiger partial charge in [0.2, 0.25) is 15.8 Å². The number of hydrogen-bond donors (Lipinski definition) is 2. The Balaban J connectivity index is 1.60. The number of halogens is 3. The fraction of sp³-hybridized carbons (Fsp3) is 0.529. The van der Waals surface area contributed by atoms with Gasteiger partial charge in [0.05, 0.1) is 11.8 Å². The van der Waals surface area contributed by atoms with Gasteiger partial charge in [0.25, 0.3) is 0 Å². The van der Waals surface area contributed by atoms with Crippen LogP contribution < -0.4 is 10.0 Å². The predicted octanol–water partition coefficient (Wildman–Crippen LogP) is 3.28. The minimum absolute atomic E-state index is 0.0423. The third-order valence-electron chi connectivity index (χ3n) is 4.71. The third kappa shape index (κ3) is 5.44. The molecule has 1 aromatic carbocycles. The first-order chi connectivity index (χ1) is 13.1. The van der Waals surface area contributed by atoms with Gasteiger partial charge in [-0.3, -0.25) is 0 Å². The molecule has 0 amide bonds. The third-order valence-corrected chi connectivity index (χ3v) is 5.40. The number of anilines is 1. The van der Waals surface area contributed by atoms with Gasteiger partial charge in [0.1, 0.15) is 0 Å². The van der Waals surface area contributed by atoms with Crippen molar-refractivity contribution < 1.29 is 26.1 Å². The van der Waals surface area contributed by atoms with Crippen LogP contribution in [0.25, 0.3) is 11.4 Å². The van der Waals surface area contributed by atoms with Crippen LogP contribution in [-0.4, -0.2) is 37.4 Å². The van der Waals surface area contributed by atoms with E-state index in [1.807, 2.05) is 0 Å². The van der Waals surface area contributed by atoms with Crippen LogP contribution in [0.4, 0.5) is 19.2 Å². The molecule has 1 aliphatic carbocycles. The highest BCUT2D eigenvalue weighted by Gasteiger charge is 2.34. The number of benzene rings is 1. The Hall–Kier alpha value is -2.14. The minimum Gasteiger partial charge on any atom is -0.335 e. The molecular formula is C17H21F3N4O3S. The van der Waals surface area contributed by atoms with E-state index in [2.05, 4.69) is 20.2 Å². The molecule has 0 aliphatic heterocycles. The summed E-state index contributed by atoms with van der Waals surface area (Å²) in [7, 11) is -3.20. The molecule has 1 aliphatic rings. The molecule has 0 spiro atoms. The van der Waals surface area contributed by atoms with Gasteiger partial charge in [0.15, 0.2) is 0 Å². The number of nitrogens with zero attached hydrogens (tertiary/aromatic N) is 2. The fourth-order valence-corrected chi connectivity index (χ4v) is 3.81. The van der Waals surface area contributed by atoms with E-state index >= 15 is 0 Å². The van der Waals surface area contributed by atoms with E-state index in [1.54, 1.807) is 0 Å². The van der Waals surface area contributed by atoms with Gasteiger partial charge in [-0.25, -0.2) is 13.1 Å². The normalized spacial score (nSPS) is 20.9. The van der Waals surface area contributed by atoms with Crippen LogP contribution in [0.5, 0.6) is 0 Å². The zero-order valence-electron chi connectivity index (χ0n) is 15.2. The molecule has 154 valence electrons. The summed E-state index contributed by atoms with van der Waals surface area (Å²) in [6, 6.07) is 5.19. The van der Waals surface area contributed by atoms with Gasteiger partial charge in [-0.15, -0.1) is 0 Å². The lowest BCUT2D eigenvalue weighted by Gasteiger charge is -2.28. The molecule has 2 N–H and O–H groups in total. The molecule has 0 unspecified atom stereocenters. The summed E-state index contributed by atoms with van der Waals surface area (Å²) < 4.78 is 69.3. The molecular weight excluding hydrogens is 397 g/mol. The van der Waals surface area contributed by atoms with E-state index < -0.39 is 21.8 Å². The molecule has 1 saturated carbocycles. The second-order valence-electron chi connectivity index (χ2n) is 6.95. The SMILES string of the molecule is CS(=O)(=O)NC[C@H]1CC[C@H](Nc2nc(-c3ccccc3C(F)(F)F)no2)CC1. The Morgan fingerprint density at radius 2 is 1.86 bits per heavy atom. The molecule has 1 fully saturated rings. The van der Waals surface area contributed by atoms with Crippen molar-refractivity contribution in [2.75, 3.05) is 18.1 Å². The van der Waals surface area contributed by atoms with Crippen molar-refractivity contribution in [1.29, 1.82) is 0 Å². The van der Waals surface area contributed by atoms with Gasteiger partial charge in [-0.05, 0) is 37.7 Å². The van der Waals surface area contributed by atoms with Crippen molar-refractivity contribution >= 4 is 16.0 Å². The van der Waals surface area contributed by atoms with Crippen molar-refractivity contribution in [2.24, 2.45) is 5.92 Å². The molecule has 0 radical (unpaired) electrons. The fourth-order valence-electron chi connectivity index (χ4n) is 3.27. The zero-order valence-corrected chi connectivity index (χ0v) is 16.0. The topological polar surface area (TPSA) is 97.1 Å². The second kappa shape index (κ2) is 8.08. The summed E-state index contributed by atoms with van der Waals surface area (Å²) in [5.41, 5.74) is -0.955.